The molecule has 0 atom stereocenters. The molecule has 0 unspecified atom stereocenters. The third kappa shape index (κ3) is 6.26. The smallest absolute Gasteiger partial charge is 0.193 e. The van der Waals surface area contributed by atoms with Crippen LogP contribution in [0.3, 0.4) is 0 Å². The first kappa shape index (κ1) is 27.4. The summed E-state index contributed by atoms with van der Waals surface area (Å²) in [6.07, 6.45) is 0. The zero-order valence-corrected chi connectivity index (χ0v) is 23.6. The SMILES string of the molecule is COc1cccc(N(c2ccc(Oc3ccc(C(=O)c4ccc(O)cc4)cc3)cc2)c2ccc(-c3ccccc3)cc2)c1. The molecule has 0 aliphatic rings. The molecule has 6 aromatic carbocycles. The van der Waals surface area contributed by atoms with Crippen LogP contribution in [0.25, 0.3) is 11.1 Å². The molecule has 0 aliphatic heterocycles. The van der Waals surface area contributed by atoms with E-state index < -0.39 is 0 Å². The Bertz CT molecular complexity index is 1810. The second-order valence-electron chi connectivity index (χ2n) is 9.95. The van der Waals surface area contributed by atoms with E-state index in [4.69, 9.17) is 9.47 Å². The van der Waals surface area contributed by atoms with Crippen LogP contribution >= 0.6 is 0 Å². The molecule has 0 fully saturated rings. The number of hydrogen-bond acceptors (Lipinski definition) is 5. The molecule has 0 amide bonds. The maximum Gasteiger partial charge on any atom is 0.193 e. The van der Waals surface area contributed by atoms with Crippen molar-refractivity contribution in [2.45, 2.75) is 0 Å². The molecular weight excluding hydrogens is 534 g/mol. The maximum absolute atomic E-state index is 12.8. The minimum Gasteiger partial charge on any atom is -0.508 e. The van der Waals surface area contributed by atoms with Gasteiger partial charge in [-0.3, -0.25) is 4.79 Å². The van der Waals surface area contributed by atoms with Gasteiger partial charge in [0.25, 0.3) is 0 Å². The average molecular weight is 564 g/mol. The highest BCUT2D eigenvalue weighted by atomic mass is 16.5. The van der Waals surface area contributed by atoms with Gasteiger partial charge in [0.2, 0.25) is 0 Å². The second kappa shape index (κ2) is 12.4. The van der Waals surface area contributed by atoms with E-state index in [0.29, 0.717) is 22.6 Å². The Hall–Kier alpha value is -5.81. The predicted octanol–water partition coefficient (Wildman–Crippen LogP) is 9.56. The fourth-order valence-electron chi connectivity index (χ4n) is 4.88. The molecule has 0 aromatic heterocycles. The van der Waals surface area contributed by atoms with Crippen molar-refractivity contribution in [3.8, 4) is 34.1 Å². The third-order valence-corrected chi connectivity index (χ3v) is 7.12. The van der Waals surface area contributed by atoms with Gasteiger partial charge in [-0.2, -0.15) is 0 Å². The van der Waals surface area contributed by atoms with Crippen LogP contribution in [0.5, 0.6) is 23.0 Å². The first-order valence-corrected chi connectivity index (χ1v) is 13.9. The molecule has 1 N–H and O–H groups in total. The highest BCUT2D eigenvalue weighted by Gasteiger charge is 2.14. The van der Waals surface area contributed by atoms with E-state index in [1.54, 1.807) is 43.5 Å². The van der Waals surface area contributed by atoms with Crippen LogP contribution in [0.4, 0.5) is 17.1 Å². The van der Waals surface area contributed by atoms with Crippen LogP contribution in [0.1, 0.15) is 15.9 Å². The number of nitrogens with zero attached hydrogens (tertiary/aromatic N) is 1. The summed E-state index contributed by atoms with van der Waals surface area (Å²) in [6, 6.07) is 47.9. The van der Waals surface area contributed by atoms with Crippen molar-refractivity contribution in [1.29, 1.82) is 0 Å². The van der Waals surface area contributed by atoms with Gasteiger partial charge >= 0.3 is 0 Å². The Balaban J connectivity index is 1.24. The van der Waals surface area contributed by atoms with Crippen LogP contribution in [-0.4, -0.2) is 18.0 Å². The van der Waals surface area contributed by atoms with Gasteiger partial charge in [-0.15, -0.1) is 0 Å². The number of hydrogen-bond donors (Lipinski definition) is 1. The van der Waals surface area contributed by atoms with E-state index in [1.165, 1.54) is 17.7 Å². The summed E-state index contributed by atoms with van der Waals surface area (Å²) in [6.45, 7) is 0. The topological polar surface area (TPSA) is 59.0 Å². The van der Waals surface area contributed by atoms with Crippen LogP contribution in [-0.2, 0) is 0 Å². The van der Waals surface area contributed by atoms with Gasteiger partial charge < -0.3 is 19.5 Å². The van der Waals surface area contributed by atoms with Crippen LogP contribution < -0.4 is 14.4 Å². The van der Waals surface area contributed by atoms with Crippen LogP contribution in [0.2, 0.25) is 0 Å². The molecule has 5 heteroatoms. The van der Waals surface area contributed by atoms with Crippen molar-refractivity contribution < 1.29 is 19.4 Å². The Morgan fingerprint density at radius 3 is 1.67 bits per heavy atom. The highest BCUT2D eigenvalue weighted by Crippen LogP contribution is 2.38. The van der Waals surface area contributed by atoms with Gasteiger partial charge in [-0.25, -0.2) is 0 Å². The Morgan fingerprint density at radius 2 is 1.07 bits per heavy atom. The van der Waals surface area contributed by atoms with Crippen LogP contribution in [0, 0.1) is 0 Å². The van der Waals surface area contributed by atoms with Gasteiger partial charge in [0.15, 0.2) is 5.78 Å². The van der Waals surface area contributed by atoms with Gasteiger partial charge in [0.05, 0.1) is 7.11 Å². The average Bonchev–Trinajstić information content (AvgIpc) is 3.07. The van der Waals surface area contributed by atoms with E-state index in [-0.39, 0.29) is 11.5 Å². The number of aromatic hydroxyl groups is 1. The van der Waals surface area contributed by atoms with Crippen molar-refractivity contribution in [3.05, 3.63) is 163 Å². The largest absolute Gasteiger partial charge is 0.508 e. The van der Waals surface area contributed by atoms with Gasteiger partial charge in [-0.1, -0.05) is 48.5 Å². The van der Waals surface area contributed by atoms with Crippen LogP contribution in [0.15, 0.2) is 152 Å². The summed E-state index contributed by atoms with van der Waals surface area (Å²) in [5, 5.41) is 9.48. The van der Waals surface area contributed by atoms with Gasteiger partial charge in [0, 0.05) is 34.3 Å². The number of benzene rings is 6. The lowest BCUT2D eigenvalue weighted by atomic mass is 10.0. The number of phenols is 1. The quantitative estimate of drug-likeness (QED) is 0.178. The van der Waals surface area contributed by atoms with E-state index in [9.17, 15) is 9.90 Å². The van der Waals surface area contributed by atoms with Crippen molar-refractivity contribution in [3.63, 3.8) is 0 Å². The Labute approximate surface area is 250 Å². The number of phenolic OH excluding ortho intramolecular Hbond substituents is 1. The van der Waals surface area contributed by atoms with Gasteiger partial charge in [0.1, 0.15) is 23.0 Å². The number of ketones is 1. The summed E-state index contributed by atoms with van der Waals surface area (Å²) in [7, 11) is 1.67. The van der Waals surface area contributed by atoms with Gasteiger partial charge in [-0.05, 0) is 108 Å². The Kier molecular flexibility index (Phi) is 7.87. The van der Waals surface area contributed by atoms with Crippen molar-refractivity contribution in [2.24, 2.45) is 0 Å². The molecule has 0 bridgehead atoms. The summed E-state index contributed by atoms with van der Waals surface area (Å²) in [5.74, 6) is 2.07. The fraction of sp³-hybridized carbons (Fsp3) is 0.0263. The van der Waals surface area contributed by atoms with E-state index in [2.05, 4.69) is 47.4 Å². The minimum absolute atomic E-state index is 0.120. The standard InChI is InChI=1S/C38H29NO4/c1-42-37-9-5-8-33(26-37)39(31-16-10-28(11-17-31)27-6-3-2-4-7-27)32-18-24-36(25-19-32)43-35-22-14-30(15-23-35)38(41)29-12-20-34(40)21-13-29/h2-26,40H,1H3. The summed E-state index contributed by atoms with van der Waals surface area (Å²) < 4.78 is 11.6. The molecule has 6 aromatic rings. The maximum atomic E-state index is 12.8. The van der Waals surface area contributed by atoms with E-state index >= 15 is 0 Å². The number of methoxy groups -OCH3 is 1. The molecule has 5 nitrogen and oxygen atoms in total. The summed E-state index contributed by atoms with van der Waals surface area (Å²) in [5.41, 5.74) is 6.31. The lowest BCUT2D eigenvalue weighted by molar-refractivity contribution is 0.103. The predicted molar refractivity (Wildman–Crippen MR) is 171 cm³/mol. The number of anilines is 3. The highest BCUT2D eigenvalue weighted by molar-refractivity contribution is 6.09. The Morgan fingerprint density at radius 1 is 0.535 bits per heavy atom. The molecule has 6 rings (SSSR count). The first-order valence-electron chi connectivity index (χ1n) is 13.9. The zero-order chi connectivity index (χ0) is 29.6. The lowest BCUT2D eigenvalue weighted by Gasteiger charge is -2.26. The fourth-order valence-corrected chi connectivity index (χ4v) is 4.88. The molecule has 0 saturated carbocycles. The lowest BCUT2D eigenvalue weighted by Crippen LogP contribution is -2.10. The van der Waals surface area contributed by atoms with Crippen molar-refractivity contribution in [2.75, 3.05) is 12.0 Å². The van der Waals surface area contributed by atoms with Crippen molar-refractivity contribution in [1.82, 2.24) is 0 Å². The molecule has 43 heavy (non-hydrogen) atoms. The number of ether oxygens (including phenoxy) is 2. The third-order valence-electron chi connectivity index (χ3n) is 7.12. The summed E-state index contributed by atoms with van der Waals surface area (Å²) in [4.78, 5) is 14.9. The molecule has 0 heterocycles. The van der Waals surface area contributed by atoms with E-state index in [0.717, 1.165) is 28.4 Å². The molecule has 210 valence electrons. The monoisotopic (exact) mass is 563 g/mol. The first-order chi connectivity index (χ1) is 21.1. The molecule has 0 spiro atoms. The molecule has 0 aliphatic carbocycles. The molecule has 0 radical (unpaired) electrons. The second-order valence-corrected chi connectivity index (χ2v) is 9.95. The zero-order valence-electron chi connectivity index (χ0n) is 23.6. The normalized spacial score (nSPS) is 10.6. The van der Waals surface area contributed by atoms with Crippen molar-refractivity contribution >= 4 is 22.8 Å². The molecular formula is C38H29NO4. The molecule has 0 saturated heterocycles. The number of rotatable bonds is 9. The van der Waals surface area contributed by atoms with E-state index in [1.807, 2.05) is 60.7 Å². The number of carbonyl (C=O) groups excluding carboxylic acids is 1. The minimum atomic E-state index is -0.120. The number of carbonyl (C=O) groups is 1. The summed E-state index contributed by atoms with van der Waals surface area (Å²) >= 11 is 0.